The molecule has 4 rings (SSSR count). The molecular formula is C24H23ClN2O3. The van der Waals surface area contributed by atoms with Crippen molar-refractivity contribution in [1.82, 2.24) is 9.88 Å². The molecule has 5 nitrogen and oxygen atoms in total. The van der Waals surface area contributed by atoms with Crippen LogP contribution in [-0.4, -0.2) is 41.5 Å². The van der Waals surface area contributed by atoms with Crippen molar-refractivity contribution in [3.05, 3.63) is 65.2 Å². The zero-order chi connectivity index (χ0) is 21.1. The van der Waals surface area contributed by atoms with Gasteiger partial charge in [0.25, 0.3) is 5.91 Å². The summed E-state index contributed by atoms with van der Waals surface area (Å²) in [5, 5.41) is 1.40. The number of benzene rings is 2. The number of halogens is 1. The number of aromatic nitrogens is 1. The number of hydrogen-bond donors (Lipinski definition) is 0. The first-order valence-electron chi connectivity index (χ1n) is 10.2. The van der Waals surface area contributed by atoms with Crippen LogP contribution in [0.3, 0.4) is 0 Å². The Morgan fingerprint density at radius 2 is 1.80 bits per heavy atom. The largest absolute Gasteiger partial charge is 0.466 e. The number of para-hydroxylation sites is 1. The predicted molar refractivity (Wildman–Crippen MR) is 117 cm³/mol. The molecule has 3 aromatic rings. The van der Waals surface area contributed by atoms with Crippen LogP contribution in [0.4, 0.5) is 0 Å². The Bertz CT molecular complexity index is 1090. The van der Waals surface area contributed by atoms with Crippen molar-refractivity contribution in [1.29, 1.82) is 0 Å². The Balaban J connectivity index is 1.66. The maximum Gasteiger partial charge on any atom is 0.309 e. The quantitative estimate of drug-likeness (QED) is 0.557. The molecule has 1 aliphatic heterocycles. The van der Waals surface area contributed by atoms with Crippen molar-refractivity contribution in [2.45, 2.75) is 19.8 Å². The SMILES string of the molecule is CCOC(=O)C1CCN(C(=O)c2cc(-c3ccccc3Cl)nc3ccccc23)CC1. The molecule has 0 bridgehead atoms. The molecule has 1 saturated heterocycles. The molecule has 154 valence electrons. The van der Waals surface area contributed by atoms with Gasteiger partial charge in [-0.1, -0.05) is 48.0 Å². The predicted octanol–water partition coefficient (Wildman–Crippen LogP) is 4.97. The highest BCUT2D eigenvalue weighted by atomic mass is 35.5. The van der Waals surface area contributed by atoms with E-state index in [0.717, 1.165) is 16.5 Å². The van der Waals surface area contributed by atoms with Gasteiger partial charge in [0.15, 0.2) is 0 Å². The van der Waals surface area contributed by atoms with Gasteiger partial charge < -0.3 is 9.64 Å². The van der Waals surface area contributed by atoms with Gasteiger partial charge in [-0.15, -0.1) is 0 Å². The second-order valence-corrected chi connectivity index (χ2v) is 7.78. The lowest BCUT2D eigenvalue weighted by Crippen LogP contribution is -2.40. The summed E-state index contributed by atoms with van der Waals surface area (Å²) in [5.41, 5.74) is 2.81. The molecule has 0 radical (unpaired) electrons. The number of fused-ring (bicyclic) bond motifs is 1. The van der Waals surface area contributed by atoms with Crippen LogP contribution in [0, 0.1) is 5.92 Å². The Kier molecular flexibility index (Phi) is 6.00. The molecule has 1 aliphatic rings. The number of carbonyl (C=O) groups excluding carboxylic acids is 2. The van der Waals surface area contributed by atoms with Gasteiger partial charge in [0, 0.05) is 29.1 Å². The number of likely N-dealkylation sites (tertiary alicyclic amines) is 1. The third-order valence-corrected chi connectivity index (χ3v) is 5.83. The zero-order valence-corrected chi connectivity index (χ0v) is 17.6. The van der Waals surface area contributed by atoms with Crippen molar-refractivity contribution >= 4 is 34.4 Å². The maximum absolute atomic E-state index is 13.4. The number of pyridine rings is 1. The van der Waals surface area contributed by atoms with Crippen molar-refractivity contribution < 1.29 is 14.3 Å². The fourth-order valence-electron chi connectivity index (χ4n) is 3.91. The molecule has 0 spiro atoms. The molecule has 30 heavy (non-hydrogen) atoms. The van der Waals surface area contributed by atoms with E-state index in [1.165, 1.54) is 0 Å². The molecule has 2 aromatic carbocycles. The minimum atomic E-state index is -0.167. The van der Waals surface area contributed by atoms with Crippen LogP contribution in [0.15, 0.2) is 54.6 Å². The van der Waals surface area contributed by atoms with E-state index in [9.17, 15) is 9.59 Å². The second kappa shape index (κ2) is 8.84. The lowest BCUT2D eigenvalue weighted by molar-refractivity contribution is -0.149. The lowest BCUT2D eigenvalue weighted by atomic mass is 9.95. The summed E-state index contributed by atoms with van der Waals surface area (Å²) in [6.45, 7) is 3.24. The van der Waals surface area contributed by atoms with Gasteiger partial charge in [-0.2, -0.15) is 0 Å². The van der Waals surface area contributed by atoms with E-state index >= 15 is 0 Å². The Morgan fingerprint density at radius 3 is 2.53 bits per heavy atom. The zero-order valence-electron chi connectivity index (χ0n) is 16.8. The molecule has 6 heteroatoms. The molecule has 2 heterocycles. The molecular weight excluding hydrogens is 400 g/mol. The fraction of sp³-hybridized carbons (Fsp3) is 0.292. The molecule has 0 unspecified atom stereocenters. The van der Waals surface area contributed by atoms with Crippen LogP contribution >= 0.6 is 11.6 Å². The molecule has 0 N–H and O–H groups in total. The first-order chi connectivity index (χ1) is 14.6. The number of nitrogens with zero attached hydrogens (tertiary/aromatic N) is 2. The van der Waals surface area contributed by atoms with E-state index < -0.39 is 0 Å². The van der Waals surface area contributed by atoms with Gasteiger partial charge in [0.05, 0.1) is 29.3 Å². The van der Waals surface area contributed by atoms with Crippen LogP contribution in [0.1, 0.15) is 30.1 Å². The van der Waals surface area contributed by atoms with E-state index in [-0.39, 0.29) is 17.8 Å². The first kappa shape index (κ1) is 20.4. The number of amides is 1. The minimum Gasteiger partial charge on any atom is -0.466 e. The number of rotatable bonds is 4. The van der Waals surface area contributed by atoms with Gasteiger partial charge in [-0.3, -0.25) is 9.59 Å². The van der Waals surface area contributed by atoms with E-state index in [4.69, 9.17) is 21.3 Å². The average Bonchev–Trinajstić information content (AvgIpc) is 2.78. The molecule has 0 aliphatic carbocycles. The topological polar surface area (TPSA) is 59.5 Å². The van der Waals surface area contributed by atoms with E-state index in [1.54, 1.807) is 0 Å². The van der Waals surface area contributed by atoms with E-state index in [1.807, 2.05) is 66.4 Å². The number of esters is 1. The molecule has 1 aromatic heterocycles. The average molecular weight is 423 g/mol. The number of carbonyl (C=O) groups is 2. The van der Waals surface area contributed by atoms with Gasteiger partial charge in [0.1, 0.15) is 0 Å². The smallest absolute Gasteiger partial charge is 0.309 e. The second-order valence-electron chi connectivity index (χ2n) is 7.37. The Labute approximate surface area is 180 Å². The Hall–Kier alpha value is -2.92. The third-order valence-electron chi connectivity index (χ3n) is 5.50. The summed E-state index contributed by atoms with van der Waals surface area (Å²) in [7, 11) is 0. The van der Waals surface area contributed by atoms with Gasteiger partial charge in [0.2, 0.25) is 0 Å². The first-order valence-corrected chi connectivity index (χ1v) is 10.6. The van der Waals surface area contributed by atoms with Crippen LogP contribution in [0.25, 0.3) is 22.2 Å². The van der Waals surface area contributed by atoms with Gasteiger partial charge >= 0.3 is 5.97 Å². The number of ether oxygens (including phenoxy) is 1. The molecule has 1 amide bonds. The van der Waals surface area contributed by atoms with Crippen LogP contribution in [-0.2, 0) is 9.53 Å². The number of piperidine rings is 1. The third kappa shape index (κ3) is 4.03. The fourth-order valence-corrected chi connectivity index (χ4v) is 4.14. The van der Waals surface area contributed by atoms with E-state index in [2.05, 4.69) is 0 Å². The summed E-state index contributed by atoms with van der Waals surface area (Å²) in [6.07, 6.45) is 1.23. The summed E-state index contributed by atoms with van der Waals surface area (Å²) in [4.78, 5) is 32.0. The van der Waals surface area contributed by atoms with Crippen LogP contribution < -0.4 is 0 Å². The minimum absolute atomic E-state index is 0.0517. The lowest BCUT2D eigenvalue weighted by Gasteiger charge is -2.31. The van der Waals surface area contributed by atoms with Gasteiger partial charge in [-0.25, -0.2) is 4.98 Å². The molecule has 0 saturated carbocycles. The normalized spacial score (nSPS) is 14.7. The van der Waals surface area contributed by atoms with Crippen molar-refractivity contribution in [3.63, 3.8) is 0 Å². The molecule has 0 atom stereocenters. The van der Waals surface area contributed by atoms with Crippen molar-refractivity contribution in [3.8, 4) is 11.3 Å². The maximum atomic E-state index is 13.4. The number of hydrogen-bond acceptors (Lipinski definition) is 4. The Morgan fingerprint density at radius 1 is 1.10 bits per heavy atom. The highest BCUT2D eigenvalue weighted by Gasteiger charge is 2.29. The molecule has 1 fully saturated rings. The standard InChI is InChI=1S/C24H23ClN2O3/c1-2-30-24(29)16-11-13-27(14-12-16)23(28)19-15-22(18-8-3-5-9-20(18)25)26-21-10-6-4-7-17(19)21/h3-10,15-16H,2,11-14H2,1H3. The summed E-state index contributed by atoms with van der Waals surface area (Å²) in [6, 6.07) is 16.9. The van der Waals surface area contributed by atoms with Gasteiger partial charge in [-0.05, 0) is 38.0 Å². The van der Waals surface area contributed by atoms with Crippen molar-refractivity contribution in [2.24, 2.45) is 5.92 Å². The summed E-state index contributed by atoms with van der Waals surface area (Å²) < 4.78 is 5.13. The van der Waals surface area contributed by atoms with Crippen molar-refractivity contribution in [2.75, 3.05) is 19.7 Å². The summed E-state index contributed by atoms with van der Waals surface area (Å²) in [5.74, 6) is -0.356. The van der Waals surface area contributed by atoms with E-state index in [0.29, 0.717) is 48.8 Å². The monoisotopic (exact) mass is 422 g/mol. The highest BCUT2D eigenvalue weighted by molar-refractivity contribution is 6.33. The van der Waals surface area contributed by atoms with Crippen LogP contribution in [0.2, 0.25) is 5.02 Å². The van der Waals surface area contributed by atoms with Crippen LogP contribution in [0.5, 0.6) is 0 Å². The highest BCUT2D eigenvalue weighted by Crippen LogP contribution is 2.31. The summed E-state index contributed by atoms with van der Waals surface area (Å²) >= 11 is 6.38.